The van der Waals surface area contributed by atoms with Crippen LogP contribution in [0.3, 0.4) is 0 Å². The molecule has 0 radical (unpaired) electrons. The molecule has 1 saturated heterocycles. The zero-order chi connectivity index (χ0) is 14.8. The van der Waals surface area contributed by atoms with E-state index in [0.717, 1.165) is 10.4 Å². The number of anilines is 1. The molecule has 5 nitrogen and oxygen atoms in total. The lowest BCUT2D eigenvalue weighted by molar-refractivity contribution is -0.0640. The molecule has 7 heteroatoms. The number of nitrogens with one attached hydrogen (secondary N) is 1. The van der Waals surface area contributed by atoms with E-state index in [1.54, 1.807) is 22.4 Å². The van der Waals surface area contributed by atoms with Gasteiger partial charge in [-0.1, -0.05) is 0 Å². The highest BCUT2D eigenvalue weighted by Gasteiger charge is 2.29. The molecule has 1 N–H and O–H groups in total. The topological polar surface area (TPSA) is 54.5 Å². The highest BCUT2D eigenvalue weighted by atomic mass is 32.1. The van der Waals surface area contributed by atoms with E-state index in [1.807, 2.05) is 25.3 Å². The summed E-state index contributed by atoms with van der Waals surface area (Å²) in [6.45, 7) is 5.12. The third kappa shape index (κ3) is 3.42. The number of urea groups is 1. The molecule has 112 valence electrons. The Morgan fingerprint density at radius 2 is 2.38 bits per heavy atom. The molecule has 0 bridgehead atoms. The third-order valence-corrected chi connectivity index (χ3v) is 4.83. The van der Waals surface area contributed by atoms with E-state index in [0.29, 0.717) is 18.2 Å². The molecule has 3 heterocycles. The Morgan fingerprint density at radius 3 is 3.05 bits per heavy atom. The maximum Gasteiger partial charge on any atom is 0.323 e. The average molecular weight is 323 g/mol. The van der Waals surface area contributed by atoms with Gasteiger partial charge in [-0.25, -0.2) is 9.78 Å². The summed E-state index contributed by atoms with van der Waals surface area (Å²) in [5, 5.41) is 7.60. The minimum Gasteiger partial charge on any atom is -0.367 e. The van der Waals surface area contributed by atoms with Gasteiger partial charge in [0.1, 0.15) is 6.10 Å². The quantitative estimate of drug-likeness (QED) is 0.920. The van der Waals surface area contributed by atoms with Crippen LogP contribution in [0.4, 0.5) is 9.93 Å². The maximum atomic E-state index is 12.4. The summed E-state index contributed by atoms with van der Waals surface area (Å²) in [6, 6.07) is 1.94. The summed E-state index contributed by atoms with van der Waals surface area (Å²) in [5.74, 6) is 0. The van der Waals surface area contributed by atoms with Crippen LogP contribution in [-0.4, -0.2) is 35.1 Å². The molecule has 2 aromatic rings. The third-order valence-electron chi connectivity index (χ3n) is 3.30. The standard InChI is InChI=1S/C14H17N3O2S2/c1-9-6-17(7-12(19-9)11-3-4-20-8-11)14(18)16-13-15-5-10(2)21-13/h3-5,8-9,12H,6-7H2,1-2H3,(H,15,16,18)/t9-,12-/m0/s1. The van der Waals surface area contributed by atoms with Crippen molar-refractivity contribution in [1.82, 2.24) is 9.88 Å². The van der Waals surface area contributed by atoms with Gasteiger partial charge in [-0.15, -0.1) is 11.3 Å². The van der Waals surface area contributed by atoms with E-state index in [2.05, 4.69) is 15.7 Å². The second-order valence-corrected chi connectivity index (χ2v) is 7.12. The summed E-state index contributed by atoms with van der Waals surface area (Å²) < 4.78 is 5.94. The highest BCUT2D eigenvalue weighted by molar-refractivity contribution is 7.15. The number of carbonyl (C=O) groups excluding carboxylic acids is 1. The molecular formula is C14H17N3O2S2. The van der Waals surface area contributed by atoms with Crippen LogP contribution in [0, 0.1) is 6.92 Å². The van der Waals surface area contributed by atoms with Crippen LogP contribution in [0.5, 0.6) is 0 Å². The van der Waals surface area contributed by atoms with Gasteiger partial charge in [0.2, 0.25) is 0 Å². The summed E-state index contributed by atoms with van der Waals surface area (Å²) in [7, 11) is 0. The molecule has 0 unspecified atom stereocenters. The van der Waals surface area contributed by atoms with Crippen molar-refractivity contribution in [3.8, 4) is 0 Å². The Morgan fingerprint density at radius 1 is 1.52 bits per heavy atom. The van der Waals surface area contributed by atoms with Crippen molar-refractivity contribution < 1.29 is 9.53 Å². The predicted molar refractivity (Wildman–Crippen MR) is 85.0 cm³/mol. The number of aryl methyl sites for hydroxylation is 1. The summed E-state index contributed by atoms with van der Waals surface area (Å²) in [5.41, 5.74) is 1.13. The van der Waals surface area contributed by atoms with Gasteiger partial charge in [0.05, 0.1) is 12.6 Å². The number of aromatic nitrogens is 1. The number of thiazole rings is 1. The largest absolute Gasteiger partial charge is 0.367 e. The van der Waals surface area contributed by atoms with Crippen molar-refractivity contribution >= 4 is 33.8 Å². The molecule has 1 aliphatic rings. The molecular weight excluding hydrogens is 306 g/mol. The van der Waals surface area contributed by atoms with E-state index < -0.39 is 0 Å². The lowest BCUT2D eigenvalue weighted by atomic mass is 10.1. The molecule has 2 aromatic heterocycles. The number of nitrogens with zero attached hydrogens (tertiary/aromatic N) is 2. The van der Waals surface area contributed by atoms with Crippen LogP contribution in [0.25, 0.3) is 0 Å². The number of ether oxygens (including phenoxy) is 1. The normalized spacial score (nSPS) is 22.3. The van der Waals surface area contributed by atoms with E-state index in [4.69, 9.17) is 4.74 Å². The lowest BCUT2D eigenvalue weighted by Gasteiger charge is -2.36. The van der Waals surface area contributed by atoms with Crippen molar-refractivity contribution in [3.63, 3.8) is 0 Å². The second kappa shape index (κ2) is 6.13. The molecule has 3 rings (SSSR count). The number of thiophene rings is 1. The molecule has 2 atom stereocenters. The van der Waals surface area contributed by atoms with E-state index in [9.17, 15) is 4.79 Å². The molecule has 2 amide bonds. The van der Waals surface area contributed by atoms with Gasteiger partial charge in [-0.05, 0) is 36.2 Å². The Hall–Kier alpha value is -1.44. The number of morpholine rings is 1. The SMILES string of the molecule is Cc1cnc(NC(=O)N2C[C@@H](c3ccsc3)O[C@@H](C)C2)s1. The molecule has 1 aliphatic heterocycles. The summed E-state index contributed by atoms with van der Waals surface area (Å²) in [4.78, 5) is 19.4. The fourth-order valence-corrected chi connectivity index (χ4v) is 3.70. The van der Waals surface area contributed by atoms with Gasteiger partial charge < -0.3 is 9.64 Å². The zero-order valence-corrected chi connectivity index (χ0v) is 13.5. The first-order valence-corrected chi connectivity index (χ1v) is 8.53. The van der Waals surface area contributed by atoms with Crippen molar-refractivity contribution in [2.45, 2.75) is 26.1 Å². The van der Waals surface area contributed by atoms with Gasteiger partial charge in [-0.3, -0.25) is 5.32 Å². The van der Waals surface area contributed by atoms with Crippen LogP contribution in [0.2, 0.25) is 0 Å². The Balaban J connectivity index is 1.67. The number of carbonyl (C=O) groups is 1. The zero-order valence-electron chi connectivity index (χ0n) is 11.9. The minimum absolute atomic E-state index is 0.0208. The smallest absolute Gasteiger partial charge is 0.323 e. The van der Waals surface area contributed by atoms with Gasteiger partial charge in [0.15, 0.2) is 5.13 Å². The number of amides is 2. The Labute approximate surface area is 131 Å². The van der Waals surface area contributed by atoms with Crippen molar-refractivity contribution in [2.75, 3.05) is 18.4 Å². The van der Waals surface area contributed by atoms with E-state index >= 15 is 0 Å². The minimum atomic E-state index is -0.111. The fraction of sp³-hybridized carbons (Fsp3) is 0.429. The molecule has 0 aromatic carbocycles. The number of rotatable bonds is 2. The fourth-order valence-electron chi connectivity index (χ4n) is 2.34. The average Bonchev–Trinajstić information content (AvgIpc) is 3.10. The number of hydrogen-bond acceptors (Lipinski definition) is 5. The molecule has 21 heavy (non-hydrogen) atoms. The van der Waals surface area contributed by atoms with Crippen LogP contribution in [0.15, 0.2) is 23.0 Å². The first kappa shape index (κ1) is 14.5. The van der Waals surface area contributed by atoms with Crippen LogP contribution in [-0.2, 0) is 4.74 Å². The molecule has 1 fully saturated rings. The Kier molecular flexibility index (Phi) is 4.23. The molecule has 0 spiro atoms. The van der Waals surface area contributed by atoms with Gasteiger partial charge in [-0.2, -0.15) is 11.3 Å². The van der Waals surface area contributed by atoms with Crippen molar-refractivity contribution in [1.29, 1.82) is 0 Å². The highest BCUT2D eigenvalue weighted by Crippen LogP contribution is 2.27. The van der Waals surface area contributed by atoms with Gasteiger partial charge >= 0.3 is 6.03 Å². The van der Waals surface area contributed by atoms with E-state index in [1.165, 1.54) is 11.3 Å². The predicted octanol–water partition coefficient (Wildman–Crippen LogP) is 3.51. The van der Waals surface area contributed by atoms with Crippen LogP contribution >= 0.6 is 22.7 Å². The van der Waals surface area contributed by atoms with E-state index in [-0.39, 0.29) is 18.2 Å². The molecule has 0 saturated carbocycles. The van der Waals surface area contributed by atoms with Crippen LogP contribution < -0.4 is 5.32 Å². The number of hydrogen-bond donors (Lipinski definition) is 1. The van der Waals surface area contributed by atoms with Crippen molar-refractivity contribution in [2.24, 2.45) is 0 Å². The first-order chi connectivity index (χ1) is 10.1. The van der Waals surface area contributed by atoms with Crippen LogP contribution in [0.1, 0.15) is 23.5 Å². The van der Waals surface area contributed by atoms with Crippen molar-refractivity contribution in [3.05, 3.63) is 33.5 Å². The van der Waals surface area contributed by atoms with Gasteiger partial charge in [0.25, 0.3) is 0 Å². The summed E-state index contributed by atoms with van der Waals surface area (Å²) in [6.07, 6.45) is 1.73. The Bertz CT molecular complexity index is 612. The maximum absolute atomic E-state index is 12.4. The second-order valence-electron chi connectivity index (χ2n) is 5.10. The molecule has 0 aliphatic carbocycles. The monoisotopic (exact) mass is 323 g/mol. The lowest BCUT2D eigenvalue weighted by Crippen LogP contribution is -2.47. The first-order valence-electron chi connectivity index (χ1n) is 6.77. The van der Waals surface area contributed by atoms with Gasteiger partial charge in [0, 0.05) is 17.6 Å². The summed E-state index contributed by atoms with van der Waals surface area (Å²) >= 11 is 3.12.